The first kappa shape index (κ1) is 13.6. The maximum absolute atomic E-state index is 13.2. The first-order chi connectivity index (χ1) is 8.13. The molecule has 1 aromatic carbocycles. The van der Waals surface area contributed by atoms with Crippen LogP contribution in [0.5, 0.6) is 0 Å². The monoisotopic (exact) mass is 238 g/mol. The number of hydrogen-bond donors (Lipinski definition) is 2. The molecule has 0 heterocycles. The Balaban J connectivity index is 2.26. The van der Waals surface area contributed by atoms with Crippen LogP contribution in [0, 0.1) is 12.7 Å². The Morgan fingerprint density at radius 3 is 2.82 bits per heavy atom. The number of hydrogen-bond acceptors (Lipinski definition) is 2. The van der Waals surface area contributed by atoms with Crippen molar-refractivity contribution in [2.75, 3.05) is 13.1 Å². The summed E-state index contributed by atoms with van der Waals surface area (Å²) < 4.78 is 13.2. The van der Waals surface area contributed by atoms with Crippen LogP contribution in [-0.4, -0.2) is 19.0 Å². The molecule has 1 aromatic rings. The first-order valence-electron chi connectivity index (χ1n) is 5.86. The van der Waals surface area contributed by atoms with E-state index in [-0.39, 0.29) is 11.7 Å². The summed E-state index contributed by atoms with van der Waals surface area (Å²) in [6.45, 7) is 5.46. The molecule has 94 valence electrons. The lowest BCUT2D eigenvalue weighted by atomic mass is 10.1. The number of halogens is 1. The Bertz CT molecular complexity index is 380. The van der Waals surface area contributed by atoms with Gasteiger partial charge in [0, 0.05) is 26.1 Å². The predicted molar refractivity (Wildman–Crippen MR) is 66.1 cm³/mol. The molecule has 0 saturated carbocycles. The van der Waals surface area contributed by atoms with Gasteiger partial charge in [0.05, 0.1) is 0 Å². The normalized spacial score (nSPS) is 10.3. The lowest BCUT2D eigenvalue weighted by Gasteiger charge is -2.06. The first-order valence-corrected chi connectivity index (χ1v) is 5.86. The molecular weight excluding hydrogens is 219 g/mol. The Hall–Kier alpha value is -1.42. The van der Waals surface area contributed by atoms with Crippen LogP contribution in [0.3, 0.4) is 0 Å². The van der Waals surface area contributed by atoms with E-state index in [1.54, 1.807) is 13.0 Å². The van der Waals surface area contributed by atoms with E-state index in [0.29, 0.717) is 31.6 Å². The highest BCUT2D eigenvalue weighted by atomic mass is 19.1. The number of carbonyl (C=O) groups excluding carboxylic acids is 1. The number of rotatable bonds is 6. The molecule has 1 amide bonds. The van der Waals surface area contributed by atoms with Gasteiger partial charge in [-0.05, 0) is 31.0 Å². The van der Waals surface area contributed by atoms with Crippen molar-refractivity contribution >= 4 is 5.91 Å². The molecule has 17 heavy (non-hydrogen) atoms. The summed E-state index contributed by atoms with van der Waals surface area (Å²) in [7, 11) is 0. The molecule has 0 aliphatic heterocycles. The third kappa shape index (κ3) is 4.95. The average molecular weight is 238 g/mol. The summed E-state index contributed by atoms with van der Waals surface area (Å²) in [4.78, 5) is 11.1. The summed E-state index contributed by atoms with van der Waals surface area (Å²) in [5, 5.41) is 5.83. The van der Waals surface area contributed by atoms with E-state index in [2.05, 4.69) is 10.6 Å². The van der Waals surface area contributed by atoms with Crippen LogP contribution in [-0.2, 0) is 11.3 Å². The Morgan fingerprint density at radius 2 is 2.18 bits per heavy atom. The van der Waals surface area contributed by atoms with Gasteiger partial charge >= 0.3 is 0 Å². The molecule has 4 heteroatoms. The minimum absolute atomic E-state index is 0.0371. The van der Waals surface area contributed by atoms with Crippen molar-refractivity contribution in [1.29, 1.82) is 0 Å². The summed E-state index contributed by atoms with van der Waals surface area (Å²) in [6.07, 6.45) is 0.447. The molecule has 2 N–H and O–H groups in total. The molecule has 0 radical (unpaired) electrons. The van der Waals surface area contributed by atoms with Gasteiger partial charge in [-0.15, -0.1) is 0 Å². The van der Waals surface area contributed by atoms with Crippen molar-refractivity contribution < 1.29 is 9.18 Å². The maximum Gasteiger partial charge on any atom is 0.221 e. The van der Waals surface area contributed by atoms with E-state index in [9.17, 15) is 9.18 Å². The van der Waals surface area contributed by atoms with Gasteiger partial charge in [0.1, 0.15) is 5.82 Å². The second kappa shape index (κ2) is 7.01. The molecule has 0 unspecified atom stereocenters. The van der Waals surface area contributed by atoms with Gasteiger partial charge in [-0.25, -0.2) is 4.39 Å². The molecule has 0 aliphatic rings. The van der Waals surface area contributed by atoms with Crippen LogP contribution >= 0.6 is 0 Å². The standard InChI is InChI=1S/C13H19FN2O/c1-3-16-13(17)6-7-15-9-11-5-4-10(2)12(14)8-11/h4-5,8,15H,3,6-7,9H2,1-2H3,(H,16,17). The summed E-state index contributed by atoms with van der Waals surface area (Å²) >= 11 is 0. The Morgan fingerprint density at radius 1 is 1.41 bits per heavy atom. The highest BCUT2D eigenvalue weighted by molar-refractivity contribution is 5.75. The third-order valence-electron chi connectivity index (χ3n) is 2.47. The van der Waals surface area contributed by atoms with E-state index in [4.69, 9.17) is 0 Å². The molecular formula is C13H19FN2O. The fraction of sp³-hybridized carbons (Fsp3) is 0.462. The van der Waals surface area contributed by atoms with Gasteiger partial charge in [0.2, 0.25) is 5.91 Å². The minimum Gasteiger partial charge on any atom is -0.356 e. The molecule has 0 spiro atoms. The quantitative estimate of drug-likeness (QED) is 0.741. The number of carbonyl (C=O) groups is 1. The van der Waals surface area contributed by atoms with Crippen LogP contribution in [0.4, 0.5) is 4.39 Å². The highest BCUT2D eigenvalue weighted by Crippen LogP contribution is 2.08. The molecule has 0 fully saturated rings. The van der Waals surface area contributed by atoms with E-state index in [1.807, 2.05) is 13.0 Å². The van der Waals surface area contributed by atoms with E-state index >= 15 is 0 Å². The van der Waals surface area contributed by atoms with Crippen molar-refractivity contribution in [3.05, 3.63) is 35.1 Å². The van der Waals surface area contributed by atoms with Crippen LogP contribution in [0.15, 0.2) is 18.2 Å². The molecule has 0 saturated heterocycles. The van der Waals surface area contributed by atoms with Crippen molar-refractivity contribution in [2.24, 2.45) is 0 Å². The Labute approximate surface area is 101 Å². The van der Waals surface area contributed by atoms with Crippen molar-refractivity contribution in [3.8, 4) is 0 Å². The van der Waals surface area contributed by atoms with E-state index < -0.39 is 0 Å². The number of nitrogens with one attached hydrogen (secondary N) is 2. The second-order valence-corrected chi connectivity index (χ2v) is 3.96. The summed E-state index contributed by atoms with van der Waals surface area (Å²) in [5.74, 6) is -0.150. The molecule has 0 atom stereocenters. The van der Waals surface area contributed by atoms with Crippen LogP contribution in [0.2, 0.25) is 0 Å². The number of benzene rings is 1. The largest absolute Gasteiger partial charge is 0.356 e. The van der Waals surface area contributed by atoms with Gasteiger partial charge in [0.15, 0.2) is 0 Å². The van der Waals surface area contributed by atoms with Gasteiger partial charge in [-0.1, -0.05) is 12.1 Å². The SMILES string of the molecule is CCNC(=O)CCNCc1ccc(C)c(F)c1. The average Bonchev–Trinajstić information content (AvgIpc) is 2.29. The molecule has 0 aromatic heterocycles. The molecule has 1 rings (SSSR count). The van der Waals surface area contributed by atoms with Crippen LogP contribution < -0.4 is 10.6 Å². The lowest BCUT2D eigenvalue weighted by Crippen LogP contribution is -2.27. The number of amides is 1. The van der Waals surface area contributed by atoms with Gasteiger partial charge in [-0.3, -0.25) is 4.79 Å². The zero-order chi connectivity index (χ0) is 12.7. The number of aryl methyl sites for hydroxylation is 1. The fourth-order valence-electron chi connectivity index (χ4n) is 1.47. The van der Waals surface area contributed by atoms with Crippen LogP contribution in [0.1, 0.15) is 24.5 Å². The van der Waals surface area contributed by atoms with E-state index in [0.717, 1.165) is 5.56 Å². The zero-order valence-corrected chi connectivity index (χ0v) is 10.3. The second-order valence-electron chi connectivity index (χ2n) is 3.96. The lowest BCUT2D eigenvalue weighted by molar-refractivity contribution is -0.120. The molecule has 0 aliphatic carbocycles. The van der Waals surface area contributed by atoms with Crippen molar-refractivity contribution in [2.45, 2.75) is 26.8 Å². The fourth-order valence-corrected chi connectivity index (χ4v) is 1.47. The van der Waals surface area contributed by atoms with Gasteiger partial charge in [0.25, 0.3) is 0 Å². The van der Waals surface area contributed by atoms with E-state index in [1.165, 1.54) is 6.07 Å². The maximum atomic E-state index is 13.2. The van der Waals surface area contributed by atoms with Crippen molar-refractivity contribution in [1.82, 2.24) is 10.6 Å². The highest BCUT2D eigenvalue weighted by Gasteiger charge is 2.01. The van der Waals surface area contributed by atoms with Gasteiger partial charge in [-0.2, -0.15) is 0 Å². The minimum atomic E-state index is -0.187. The van der Waals surface area contributed by atoms with Gasteiger partial charge < -0.3 is 10.6 Å². The van der Waals surface area contributed by atoms with Crippen molar-refractivity contribution in [3.63, 3.8) is 0 Å². The third-order valence-corrected chi connectivity index (χ3v) is 2.47. The predicted octanol–water partition coefficient (Wildman–Crippen LogP) is 1.75. The van der Waals surface area contributed by atoms with Crippen LogP contribution in [0.25, 0.3) is 0 Å². The molecule has 0 bridgehead atoms. The summed E-state index contributed by atoms with van der Waals surface area (Å²) in [6, 6.07) is 5.17. The smallest absolute Gasteiger partial charge is 0.221 e. The Kier molecular flexibility index (Phi) is 5.63. The molecule has 3 nitrogen and oxygen atoms in total. The zero-order valence-electron chi connectivity index (χ0n) is 10.3. The summed E-state index contributed by atoms with van der Waals surface area (Å²) in [5.41, 5.74) is 1.54. The topological polar surface area (TPSA) is 41.1 Å².